The molecule has 7 aromatic carbocycles. The second-order valence-corrected chi connectivity index (χ2v) is 12.5. The molecule has 2 heterocycles. The molecule has 220 valence electrons. The first kappa shape index (κ1) is 26.2. The highest BCUT2D eigenvalue weighted by molar-refractivity contribution is 6.09. The summed E-state index contributed by atoms with van der Waals surface area (Å²) < 4.78 is 6.63. The maximum absolute atomic E-state index is 6.63. The molecule has 2 aromatic heterocycles. The second kappa shape index (κ2) is 10.2. The highest BCUT2D eigenvalue weighted by Gasteiger charge is 2.27. The number of nitrogens with zero attached hydrogens (tertiary/aromatic N) is 2. The quantitative estimate of drug-likeness (QED) is 0.202. The Balaban J connectivity index is 1.13. The van der Waals surface area contributed by atoms with E-state index in [-0.39, 0.29) is 5.92 Å². The van der Waals surface area contributed by atoms with Crippen molar-refractivity contribution in [2.24, 2.45) is 0 Å². The van der Waals surface area contributed by atoms with Gasteiger partial charge in [-0.1, -0.05) is 121 Å². The Morgan fingerprint density at radius 1 is 0.532 bits per heavy atom. The molecule has 1 unspecified atom stereocenters. The number of fused-ring (bicyclic) bond motifs is 8. The van der Waals surface area contributed by atoms with Crippen molar-refractivity contribution in [1.82, 2.24) is 9.97 Å². The van der Waals surface area contributed by atoms with Crippen LogP contribution in [0.15, 0.2) is 156 Å². The fourth-order valence-electron chi connectivity index (χ4n) is 7.60. The van der Waals surface area contributed by atoms with E-state index in [2.05, 4.69) is 133 Å². The molecule has 0 aliphatic heterocycles. The molecule has 0 N–H and O–H groups in total. The Labute approximate surface area is 271 Å². The Morgan fingerprint density at radius 3 is 2.19 bits per heavy atom. The van der Waals surface area contributed by atoms with E-state index in [9.17, 15) is 0 Å². The highest BCUT2D eigenvalue weighted by Crippen LogP contribution is 2.45. The van der Waals surface area contributed by atoms with Gasteiger partial charge in [0, 0.05) is 27.6 Å². The van der Waals surface area contributed by atoms with Gasteiger partial charge in [0.2, 0.25) is 0 Å². The average Bonchev–Trinajstić information content (AvgIpc) is 3.52. The molecular formula is C44H28N2O. The SMILES string of the molecule is c1ccc(-c2nc(-c3cccc4c3oc3ccc(C5Cc6cc7ccccc7cc6-c6ccccc65)cc34)nc3ccccc23)cc1. The molecule has 10 rings (SSSR count). The van der Waals surface area contributed by atoms with E-state index in [1.807, 2.05) is 18.2 Å². The van der Waals surface area contributed by atoms with E-state index in [4.69, 9.17) is 14.4 Å². The van der Waals surface area contributed by atoms with Gasteiger partial charge >= 0.3 is 0 Å². The topological polar surface area (TPSA) is 38.9 Å². The van der Waals surface area contributed by atoms with Crippen molar-refractivity contribution in [3.05, 3.63) is 168 Å². The van der Waals surface area contributed by atoms with Crippen LogP contribution in [0.1, 0.15) is 22.6 Å². The van der Waals surface area contributed by atoms with Gasteiger partial charge in [-0.2, -0.15) is 0 Å². The summed E-state index contributed by atoms with van der Waals surface area (Å²) >= 11 is 0. The molecule has 1 atom stereocenters. The summed E-state index contributed by atoms with van der Waals surface area (Å²) in [5, 5.41) is 5.80. The molecule has 3 nitrogen and oxygen atoms in total. The zero-order chi connectivity index (χ0) is 30.9. The second-order valence-electron chi connectivity index (χ2n) is 12.5. The third-order valence-electron chi connectivity index (χ3n) is 9.84. The lowest BCUT2D eigenvalue weighted by atomic mass is 9.75. The van der Waals surface area contributed by atoms with Crippen LogP contribution < -0.4 is 0 Å². The first-order valence-corrected chi connectivity index (χ1v) is 16.2. The van der Waals surface area contributed by atoms with Crippen LogP contribution in [0.2, 0.25) is 0 Å². The first-order chi connectivity index (χ1) is 23.3. The number of hydrogen-bond acceptors (Lipinski definition) is 3. The van der Waals surface area contributed by atoms with E-state index >= 15 is 0 Å². The van der Waals surface area contributed by atoms with Crippen molar-refractivity contribution in [3.63, 3.8) is 0 Å². The van der Waals surface area contributed by atoms with Crippen molar-refractivity contribution < 1.29 is 4.42 Å². The Morgan fingerprint density at radius 2 is 1.28 bits per heavy atom. The number of aromatic nitrogens is 2. The number of para-hydroxylation sites is 2. The Kier molecular flexibility index (Phi) is 5.70. The normalized spacial score (nSPS) is 14.1. The van der Waals surface area contributed by atoms with Crippen LogP contribution in [0.3, 0.4) is 0 Å². The molecule has 1 aliphatic carbocycles. The summed E-state index contributed by atoms with van der Waals surface area (Å²) in [6.45, 7) is 0. The monoisotopic (exact) mass is 600 g/mol. The minimum atomic E-state index is 0.245. The largest absolute Gasteiger partial charge is 0.455 e. The van der Waals surface area contributed by atoms with Crippen molar-refractivity contribution in [2.75, 3.05) is 0 Å². The molecule has 47 heavy (non-hydrogen) atoms. The molecule has 0 fully saturated rings. The van der Waals surface area contributed by atoms with Gasteiger partial charge < -0.3 is 4.42 Å². The number of hydrogen-bond donors (Lipinski definition) is 0. The molecule has 0 spiro atoms. The van der Waals surface area contributed by atoms with Crippen molar-refractivity contribution in [3.8, 4) is 33.8 Å². The van der Waals surface area contributed by atoms with Gasteiger partial charge in [0.1, 0.15) is 11.2 Å². The zero-order valence-corrected chi connectivity index (χ0v) is 25.5. The third-order valence-corrected chi connectivity index (χ3v) is 9.84. The van der Waals surface area contributed by atoms with Crippen LogP contribution in [-0.4, -0.2) is 9.97 Å². The highest BCUT2D eigenvalue weighted by atomic mass is 16.3. The first-order valence-electron chi connectivity index (χ1n) is 16.2. The number of rotatable bonds is 3. The predicted molar refractivity (Wildman–Crippen MR) is 193 cm³/mol. The maximum atomic E-state index is 6.63. The lowest BCUT2D eigenvalue weighted by Crippen LogP contribution is -2.12. The lowest BCUT2D eigenvalue weighted by Gasteiger charge is -2.29. The van der Waals surface area contributed by atoms with Crippen LogP contribution in [0.4, 0.5) is 0 Å². The van der Waals surface area contributed by atoms with Crippen LogP contribution in [-0.2, 0) is 6.42 Å². The van der Waals surface area contributed by atoms with Crippen LogP contribution in [0.5, 0.6) is 0 Å². The molecule has 0 radical (unpaired) electrons. The van der Waals surface area contributed by atoms with Crippen molar-refractivity contribution >= 4 is 43.6 Å². The molecular weight excluding hydrogens is 572 g/mol. The van der Waals surface area contributed by atoms with Gasteiger partial charge in [0.15, 0.2) is 5.82 Å². The fraction of sp³-hybridized carbons (Fsp3) is 0.0455. The average molecular weight is 601 g/mol. The minimum absolute atomic E-state index is 0.245. The third kappa shape index (κ3) is 4.13. The van der Waals surface area contributed by atoms with Crippen molar-refractivity contribution in [1.29, 1.82) is 0 Å². The Hall–Kier alpha value is -6.06. The fourth-order valence-corrected chi connectivity index (χ4v) is 7.60. The van der Waals surface area contributed by atoms with Crippen molar-refractivity contribution in [2.45, 2.75) is 12.3 Å². The van der Waals surface area contributed by atoms with Gasteiger partial charge in [0.25, 0.3) is 0 Å². The summed E-state index contributed by atoms with van der Waals surface area (Å²) in [5.74, 6) is 0.909. The molecule has 0 amide bonds. The lowest BCUT2D eigenvalue weighted by molar-refractivity contribution is 0.669. The molecule has 0 saturated heterocycles. The van der Waals surface area contributed by atoms with Crippen LogP contribution >= 0.6 is 0 Å². The van der Waals surface area contributed by atoms with E-state index in [0.29, 0.717) is 5.82 Å². The van der Waals surface area contributed by atoms with Crippen LogP contribution in [0, 0.1) is 0 Å². The van der Waals surface area contributed by atoms with Gasteiger partial charge in [-0.25, -0.2) is 9.97 Å². The standard InChI is InChI=1S/C44H28N2O/c1-2-11-27(12-3-1)42-35-17-8-9-20-40(35)45-44(46-42)36-19-10-18-34-39-25-30(21-22-41(39)47-43(34)36)37-26-31-23-28-13-4-5-14-29(28)24-38(31)33-16-7-6-15-32(33)37/h1-25,37H,26H2. The van der Waals surface area contributed by atoms with Gasteiger partial charge in [-0.3, -0.25) is 0 Å². The van der Waals surface area contributed by atoms with Gasteiger partial charge in [0.05, 0.1) is 16.8 Å². The molecule has 0 saturated carbocycles. The minimum Gasteiger partial charge on any atom is -0.455 e. The van der Waals surface area contributed by atoms with Gasteiger partial charge in [-0.15, -0.1) is 0 Å². The summed E-state index contributed by atoms with van der Waals surface area (Å²) in [5.41, 5.74) is 12.2. The predicted octanol–water partition coefficient (Wildman–Crippen LogP) is 11.4. The number of benzene rings is 7. The van der Waals surface area contributed by atoms with E-state index in [0.717, 1.165) is 56.1 Å². The van der Waals surface area contributed by atoms with E-state index in [1.165, 1.54) is 38.6 Å². The summed E-state index contributed by atoms with van der Waals surface area (Å²) in [7, 11) is 0. The summed E-state index contributed by atoms with van der Waals surface area (Å²) in [4.78, 5) is 10.2. The van der Waals surface area contributed by atoms with E-state index < -0.39 is 0 Å². The molecule has 9 aromatic rings. The maximum Gasteiger partial charge on any atom is 0.164 e. The smallest absolute Gasteiger partial charge is 0.164 e. The zero-order valence-electron chi connectivity index (χ0n) is 25.5. The molecule has 0 bridgehead atoms. The van der Waals surface area contributed by atoms with Gasteiger partial charge in [-0.05, 0) is 75.3 Å². The Bertz CT molecular complexity index is 2670. The summed E-state index contributed by atoms with van der Waals surface area (Å²) in [6, 6.07) is 54.0. The molecule has 3 heteroatoms. The molecule has 1 aliphatic rings. The summed E-state index contributed by atoms with van der Waals surface area (Å²) in [6.07, 6.45) is 0.955. The number of furan rings is 1. The van der Waals surface area contributed by atoms with Crippen LogP contribution in [0.25, 0.3) is 77.4 Å². The van der Waals surface area contributed by atoms with E-state index in [1.54, 1.807) is 0 Å².